The second-order valence-electron chi connectivity index (χ2n) is 3.32. The molecule has 0 unspecified atom stereocenters. The van der Waals surface area contributed by atoms with Crippen LogP contribution in [0.15, 0.2) is 30.6 Å². The summed E-state index contributed by atoms with van der Waals surface area (Å²) in [5, 5.41) is 0. The predicted octanol–water partition coefficient (Wildman–Crippen LogP) is 1.88. The summed E-state index contributed by atoms with van der Waals surface area (Å²) >= 11 is 0. The van der Waals surface area contributed by atoms with E-state index in [9.17, 15) is 0 Å². The van der Waals surface area contributed by atoms with E-state index < -0.39 is 0 Å². The minimum absolute atomic E-state index is 0.561. The maximum absolute atomic E-state index is 3.23. The van der Waals surface area contributed by atoms with Gasteiger partial charge in [0.1, 0.15) is 6.20 Å². The topological polar surface area (TPSA) is 19.9 Å². The van der Waals surface area contributed by atoms with Crippen molar-refractivity contribution in [3.8, 4) is 0 Å². The summed E-state index contributed by atoms with van der Waals surface area (Å²) < 4.78 is 2.19. The van der Waals surface area contributed by atoms with Crippen molar-refractivity contribution in [2.24, 2.45) is 0 Å². The lowest BCUT2D eigenvalue weighted by Crippen LogP contribution is -2.24. The van der Waals surface area contributed by atoms with Crippen molar-refractivity contribution < 1.29 is 4.40 Å². The molecule has 0 saturated carbocycles. The van der Waals surface area contributed by atoms with Crippen LogP contribution >= 0.6 is 0 Å². The minimum atomic E-state index is 0.561. The van der Waals surface area contributed by atoms with Gasteiger partial charge in [-0.3, -0.25) is 0 Å². The van der Waals surface area contributed by atoms with Crippen LogP contribution in [0, 0.1) is 0 Å². The van der Waals surface area contributed by atoms with E-state index in [4.69, 9.17) is 0 Å². The molecule has 0 spiro atoms. The number of nitrogens with zero attached hydrogens (tertiary/aromatic N) is 1. The van der Waals surface area contributed by atoms with Crippen molar-refractivity contribution in [3.05, 3.63) is 36.3 Å². The summed E-state index contributed by atoms with van der Waals surface area (Å²) in [5.41, 5.74) is 2.48. The third kappa shape index (κ3) is 0.998. The summed E-state index contributed by atoms with van der Waals surface area (Å²) in [6.45, 7) is 4.39. The highest BCUT2D eigenvalue weighted by atomic mass is 15.0. The van der Waals surface area contributed by atoms with E-state index in [0.717, 1.165) is 5.65 Å². The van der Waals surface area contributed by atoms with Crippen LogP contribution in [-0.2, 0) is 0 Å². The maximum atomic E-state index is 3.23. The first-order chi connectivity index (χ1) is 5.79. The zero-order valence-corrected chi connectivity index (χ0v) is 7.41. The molecule has 2 heteroatoms. The Labute approximate surface area is 71.9 Å². The Morgan fingerprint density at radius 1 is 1.33 bits per heavy atom. The van der Waals surface area contributed by atoms with Gasteiger partial charge in [0.05, 0.1) is 6.20 Å². The molecule has 2 rings (SSSR count). The average Bonchev–Trinajstić information content (AvgIpc) is 2.47. The van der Waals surface area contributed by atoms with Crippen LogP contribution in [0.5, 0.6) is 0 Å². The summed E-state index contributed by atoms with van der Waals surface area (Å²) in [7, 11) is 0. The van der Waals surface area contributed by atoms with E-state index in [1.807, 2.05) is 12.1 Å². The van der Waals surface area contributed by atoms with Crippen molar-refractivity contribution >= 4 is 5.65 Å². The van der Waals surface area contributed by atoms with Crippen molar-refractivity contribution in [2.75, 3.05) is 0 Å². The smallest absolute Gasteiger partial charge is 0.243 e. The number of hydrogen-bond donors (Lipinski definition) is 1. The lowest BCUT2D eigenvalue weighted by atomic mass is 10.1. The fourth-order valence-electron chi connectivity index (χ4n) is 1.45. The van der Waals surface area contributed by atoms with Crippen LogP contribution in [0.25, 0.3) is 5.65 Å². The maximum Gasteiger partial charge on any atom is 0.284 e. The van der Waals surface area contributed by atoms with Gasteiger partial charge in [-0.1, -0.05) is 19.9 Å². The van der Waals surface area contributed by atoms with E-state index in [1.54, 1.807) is 0 Å². The van der Waals surface area contributed by atoms with Gasteiger partial charge < -0.3 is 0 Å². The number of fused-ring (bicyclic) bond motifs is 1. The van der Waals surface area contributed by atoms with E-state index in [1.165, 1.54) is 5.69 Å². The first-order valence-electron chi connectivity index (χ1n) is 4.26. The molecule has 12 heavy (non-hydrogen) atoms. The van der Waals surface area contributed by atoms with Gasteiger partial charge in [-0.25, -0.2) is 4.98 Å². The highest BCUT2D eigenvalue weighted by Gasteiger charge is 2.11. The molecule has 0 radical (unpaired) electrons. The van der Waals surface area contributed by atoms with Crippen LogP contribution in [-0.4, -0.2) is 4.98 Å². The minimum Gasteiger partial charge on any atom is -0.243 e. The number of H-pyrrole nitrogens is 1. The van der Waals surface area contributed by atoms with E-state index in [2.05, 4.69) is 41.7 Å². The zero-order valence-electron chi connectivity index (χ0n) is 7.41. The molecule has 0 saturated heterocycles. The Hall–Kier alpha value is -1.31. The fourth-order valence-corrected chi connectivity index (χ4v) is 1.45. The number of hydrogen-bond acceptors (Lipinski definition) is 0. The van der Waals surface area contributed by atoms with Gasteiger partial charge in [-0.05, 0) is 6.07 Å². The average molecular weight is 161 g/mol. The molecule has 2 nitrogen and oxygen atoms in total. The summed E-state index contributed by atoms with van der Waals surface area (Å²) in [4.78, 5) is 3.23. The zero-order chi connectivity index (χ0) is 8.55. The number of nitrogens with one attached hydrogen (secondary N) is 1. The highest BCUT2D eigenvalue weighted by molar-refractivity contribution is 5.28. The summed E-state index contributed by atoms with van der Waals surface area (Å²) in [6, 6.07) is 6.16. The first kappa shape index (κ1) is 7.35. The van der Waals surface area contributed by atoms with Crippen LogP contribution in [0.2, 0.25) is 0 Å². The molecule has 0 atom stereocenters. The third-order valence-corrected chi connectivity index (χ3v) is 2.10. The fraction of sp³-hybridized carbons (Fsp3) is 0.300. The second-order valence-corrected chi connectivity index (χ2v) is 3.32. The SMILES string of the molecule is CC(C)c1c[nH]c2cccc[n+]12. The highest BCUT2D eigenvalue weighted by Crippen LogP contribution is 2.09. The Morgan fingerprint density at radius 3 is 2.92 bits per heavy atom. The van der Waals surface area contributed by atoms with Crippen molar-refractivity contribution in [3.63, 3.8) is 0 Å². The Balaban J connectivity index is 2.70. The molecular weight excluding hydrogens is 148 g/mol. The number of imidazole rings is 1. The van der Waals surface area contributed by atoms with Gasteiger partial charge in [0.25, 0.3) is 5.65 Å². The Morgan fingerprint density at radius 2 is 2.17 bits per heavy atom. The normalized spacial score (nSPS) is 11.2. The van der Waals surface area contributed by atoms with Crippen molar-refractivity contribution in [1.29, 1.82) is 0 Å². The van der Waals surface area contributed by atoms with E-state index in [0.29, 0.717) is 5.92 Å². The van der Waals surface area contributed by atoms with E-state index >= 15 is 0 Å². The molecule has 0 aliphatic rings. The van der Waals surface area contributed by atoms with Crippen LogP contribution in [0.4, 0.5) is 0 Å². The van der Waals surface area contributed by atoms with Gasteiger partial charge in [0.2, 0.25) is 0 Å². The lowest BCUT2D eigenvalue weighted by Gasteiger charge is -1.96. The van der Waals surface area contributed by atoms with Gasteiger partial charge in [-0.2, -0.15) is 4.40 Å². The molecule has 0 amide bonds. The number of pyridine rings is 1. The largest absolute Gasteiger partial charge is 0.284 e. The van der Waals surface area contributed by atoms with Crippen molar-refractivity contribution in [2.45, 2.75) is 19.8 Å². The molecule has 2 aromatic rings. The van der Waals surface area contributed by atoms with Gasteiger partial charge >= 0.3 is 0 Å². The number of aromatic nitrogens is 2. The molecule has 1 N–H and O–H groups in total. The standard InChI is InChI=1S/C10H12N2/c1-8(2)9-7-11-10-5-3-4-6-12(9)10/h3-8H,1-2H3/p+1. The van der Waals surface area contributed by atoms with Gasteiger partial charge in [0.15, 0.2) is 5.69 Å². The van der Waals surface area contributed by atoms with Crippen LogP contribution in [0.3, 0.4) is 0 Å². The monoisotopic (exact) mass is 161 g/mol. The van der Waals surface area contributed by atoms with Crippen LogP contribution < -0.4 is 4.40 Å². The number of aromatic amines is 1. The van der Waals surface area contributed by atoms with Crippen LogP contribution in [0.1, 0.15) is 25.5 Å². The Bertz CT molecular complexity index is 387. The first-order valence-corrected chi connectivity index (χ1v) is 4.26. The van der Waals surface area contributed by atoms with Gasteiger partial charge in [-0.15, -0.1) is 0 Å². The third-order valence-electron chi connectivity index (χ3n) is 2.10. The molecule has 62 valence electrons. The molecule has 0 fully saturated rings. The predicted molar refractivity (Wildman–Crippen MR) is 48.0 cm³/mol. The second kappa shape index (κ2) is 2.63. The summed E-state index contributed by atoms with van der Waals surface area (Å²) in [5.74, 6) is 0.561. The Kier molecular flexibility index (Phi) is 1.61. The molecule has 0 bridgehead atoms. The molecule has 0 aliphatic heterocycles. The molecule has 0 aliphatic carbocycles. The quantitative estimate of drug-likeness (QED) is 0.616. The number of rotatable bonds is 1. The molecular formula is C10H13N2+. The lowest BCUT2D eigenvalue weighted by molar-refractivity contribution is -0.521. The molecule has 0 aromatic carbocycles. The van der Waals surface area contributed by atoms with E-state index in [-0.39, 0.29) is 0 Å². The molecule has 2 aromatic heterocycles. The molecule has 2 heterocycles. The van der Waals surface area contributed by atoms with Gasteiger partial charge in [0, 0.05) is 12.0 Å². The van der Waals surface area contributed by atoms with Crippen molar-refractivity contribution in [1.82, 2.24) is 4.98 Å². The summed E-state index contributed by atoms with van der Waals surface area (Å²) in [6.07, 6.45) is 4.15.